The van der Waals surface area contributed by atoms with E-state index in [1.807, 2.05) is 32.2 Å². The van der Waals surface area contributed by atoms with E-state index >= 15 is 0 Å². The SMILES string of the molecule is C/C(=N/NC(=O)c1ccc(Cn2cc(Br)cn2)o1)c1cccc(NC(=O)C(C)C)c1. The summed E-state index contributed by atoms with van der Waals surface area (Å²) in [6.45, 7) is 5.84. The summed E-state index contributed by atoms with van der Waals surface area (Å²) in [6, 6.07) is 10.6. The van der Waals surface area contributed by atoms with Gasteiger partial charge in [0, 0.05) is 17.8 Å². The summed E-state index contributed by atoms with van der Waals surface area (Å²) < 4.78 is 8.13. The quantitative estimate of drug-likeness (QED) is 0.400. The maximum atomic E-state index is 12.3. The van der Waals surface area contributed by atoms with Crippen LogP contribution in [0.4, 0.5) is 5.69 Å². The van der Waals surface area contributed by atoms with Crippen molar-refractivity contribution in [2.45, 2.75) is 27.3 Å². The van der Waals surface area contributed by atoms with Crippen LogP contribution in [0.5, 0.6) is 0 Å². The first-order valence-electron chi connectivity index (χ1n) is 9.34. The van der Waals surface area contributed by atoms with E-state index < -0.39 is 5.91 Å². The molecule has 0 aliphatic heterocycles. The van der Waals surface area contributed by atoms with Gasteiger partial charge in [-0.15, -0.1) is 0 Å². The van der Waals surface area contributed by atoms with Crippen LogP contribution in [-0.2, 0) is 11.3 Å². The molecule has 9 heteroatoms. The second-order valence-corrected chi connectivity index (χ2v) is 7.90. The lowest BCUT2D eigenvalue weighted by molar-refractivity contribution is -0.118. The van der Waals surface area contributed by atoms with E-state index in [4.69, 9.17) is 4.42 Å². The molecule has 3 aromatic rings. The number of carbonyl (C=O) groups excluding carboxylic acids is 2. The van der Waals surface area contributed by atoms with Crippen molar-refractivity contribution in [2.75, 3.05) is 5.32 Å². The van der Waals surface area contributed by atoms with Crippen molar-refractivity contribution in [3.8, 4) is 0 Å². The van der Waals surface area contributed by atoms with Crippen LogP contribution in [0.2, 0.25) is 0 Å². The third kappa shape index (κ3) is 5.66. The number of hydrogen-bond acceptors (Lipinski definition) is 5. The fourth-order valence-electron chi connectivity index (χ4n) is 2.53. The van der Waals surface area contributed by atoms with E-state index in [1.54, 1.807) is 42.1 Å². The summed E-state index contributed by atoms with van der Waals surface area (Å²) in [5.41, 5.74) is 4.54. The number of nitrogens with zero attached hydrogens (tertiary/aromatic N) is 3. The first kappa shape index (κ1) is 21.5. The zero-order chi connectivity index (χ0) is 21.7. The smallest absolute Gasteiger partial charge is 0.307 e. The molecule has 30 heavy (non-hydrogen) atoms. The van der Waals surface area contributed by atoms with Crippen LogP contribution < -0.4 is 10.7 Å². The molecule has 2 aromatic heterocycles. The lowest BCUT2D eigenvalue weighted by atomic mass is 10.1. The number of carbonyl (C=O) groups is 2. The average Bonchev–Trinajstić information content (AvgIpc) is 3.35. The first-order valence-corrected chi connectivity index (χ1v) is 10.1. The van der Waals surface area contributed by atoms with Gasteiger partial charge in [-0.05, 0) is 52.7 Å². The van der Waals surface area contributed by atoms with Crippen LogP contribution in [-0.4, -0.2) is 27.3 Å². The van der Waals surface area contributed by atoms with Gasteiger partial charge >= 0.3 is 5.91 Å². The summed E-state index contributed by atoms with van der Waals surface area (Å²) in [6.07, 6.45) is 3.49. The molecule has 0 fully saturated rings. The van der Waals surface area contributed by atoms with Crippen LogP contribution >= 0.6 is 15.9 Å². The van der Waals surface area contributed by atoms with E-state index in [-0.39, 0.29) is 17.6 Å². The van der Waals surface area contributed by atoms with Crippen molar-refractivity contribution in [1.29, 1.82) is 0 Å². The van der Waals surface area contributed by atoms with Gasteiger partial charge in [-0.1, -0.05) is 26.0 Å². The maximum Gasteiger partial charge on any atom is 0.307 e. The molecule has 2 amide bonds. The molecule has 2 heterocycles. The summed E-state index contributed by atoms with van der Waals surface area (Å²) in [5, 5.41) is 11.1. The van der Waals surface area contributed by atoms with Gasteiger partial charge in [0.05, 0.1) is 22.9 Å². The van der Waals surface area contributed by atoms with Crippen LogP contribution in [0, 0.1) is 5.92 Å². The number of halogens is 1. The Bertz CT molecular complexity index is 1080. The van der Waals surface area contributed by atoms with Crippen molar-refractivity contribution in [1.82, 2.24) is 15.2 Å². The van der Waals surface area contributed by atoms with E-state index in [9.17, 15) is 9.59 Å². The Morgan fingerprint density at radius 2 is 2.07 bits per heavy atom. The maximum absolute atomic E-state index is 12.3. The van der Waals surface area contributed by atoms with Crippen LogP contribution in [0.15, 0.2) is 62.8 Å². The number of nitrogens with one attached hydrogen (secondary N) is 2. The van der Waals surface area contributed by atoms with Crippen LogP contribution in [0.3, 0.4) is 0 Å². The Hall–Kier alpha value is -3.20. The molecule has 0 atom stereocenters. The van der Waals surface area contributed by atoms with Crippen LogP contribution in [0.25, 0.3) is 0 Å². The molecule has 0 unspecified atom stereocenters. The summed E-state index contributed by atoms with van der Waals surface area (Å²) in [7, 11) is 0. The molecular formula is C21H22BrN5O3. The number of benzene rings is 1. The lowest BCUT2D eigenvalue weighted by Gasteiger charge is -2.09. The zero-order valence-electron chi connectivity index (χ0n) is 16.8. The van der Waals surface area contributed by atoms with E-state index in [0.29, 0.717) is 23.7 Å². The number of aromatic nitrogens is 2. The molecular weight excluding hydrogens is 450 g/mol. The number of amides is 2. The van der Waals surface area contributed by atoms with Gasteiger partial charge in [-0.2, -0.15) is 10.2 Å². The van der Waals surface area contributed by atoms with Crippen molar-refractivity contribution >= 4 is 39.1 Å². The van der Waals surface area contributed by atoms with Crippen molar-refractivity contribution in [3.05, 3.63) is 70.3 Å². The van der Waals surface area contributed by atoms with Crippen molar-refractivity contribution < 1.29 is 14.0 Å². The Morgan fingerprint density at radius 3 is 2.77 bits per heavy atom. The predicted molar refractivity (Wildman–Crippen MR) is 117 cm³/mol. The largest absolute Gasteiger partial charge is 0.454 e. The Balaban J connectivity index is 1.62. The van der Waals surface area contributed by atoms with Gasteiger partial charge in [0.25, 0.3) is 0 Å². The number of furan rings is 1. The molecule has 0 saturated carbocycles. The van der Waals surface area contributed by atoms with Gasteiger partial charge < -0.3 is 9.73 Å². The third-order valence-corrected chi connectivity index (χ3v) is 4.61. The fraction of sp³-hybridized carbons (Fsp3) is 0.238. The highest BCUT2D eigenvalue weighted by molar-refractivity contribution is 9.10. The number of rotatable bonds is 7. The third-order valence-electron chi connectivity index (χ3n) is 4.20. The average molecular weight is 472 g/mol. The molecule has 3 rings (SSSR count). The molecule has 0 aliphatic carbocycles. The fourth-order valence-corrected chi connectivity index (χ4v) is 2.86. The number of hydrazone groups is 1. The lowest BCUT2D eigenvalue weighted by Crippen LogP contribution is -2.19. The standard InChI is InChI=1S/C21H22BrN5O3/c1-13(2)20(28)24-17-6-4-5-15(9-17)14(3)25-26-21(29)19-8-7-18(30-19)12-27-11-16(22)10-23-27/h4-11,13H,12H2,1-3H3,(H,24,28)(H,26,29)/b25-14-. The highest BCUT2D eigenvalue weighted by Crippen LogP contribution is 2.14. The molecule has 0 bridgehead atoms. The van der Waals surface area contributed by atoms with E-state index in [0.717, 1.165) is 10.0 Å². The topological polar surface area (TPSA) is 102 Å². The molecule has 0 aliphatic rings. The monoisotopic (exact) mass is 471 g/mol. The van der Waals surface area contributed by atoms with Gasteiger partial charge in [-0.25, -0.2) is 5.43 Å². The molecule has 8 nitrogen and oxygen atoms in total. The van der Waals surface area contributed by atoms with Crippen LogP contribution in [0.1, 0.15) is 42.6 Å². The number of hydrogen-bond donors (Lipinski definition) is 2. The number of anilines is 1. The minimum absolute atomic E-state index is 0.0638. The van der Waals surface area contributed by atoms with E-state index in [2.05, 4.69) is 36.9 Å². The summed E-state index contributed by atoms with van der Waals surface area (Å²) in [5.74, 6) is 0.129. The second-order valence-electron chi connectivity index (χ2n) is 6.98. The Labute approximate surface area is 182 Å². The molecule has 0 spiro atoms. The van der Waals surface area contributed by atoms with Gasteiger partial charge in [0.15, 0.2) is 5.76 Å². The Morgan fingerprint density at radius 1 is 1.27 bits per heavy atom. The summed E-state index contributed by atoms with van der Waals surface area (Å²) >= 11 is 3.34. The normalized spacial score (nSPS) is 11.6. The Kier molecular flexibility index (Phi) is 6.83. The second kappa shape index (κ2) is 9.53. The van der Waals surface area contributed by atoms with Gasteiger partial charge in [0.2, 0.25) is 5.91 Å². The first-order chi connectivity index (χ1) is 14.3. The van der Waals surface area contributed by atoms with Crippen molar-refractivity contribution in [3.63, 3.8) is 0 Å². The van der Waals surface area contributed by atoms with E-state index in [1.165, 1.54) is 0 Å². The minimum Gasteiger partial charge on any atom is -0.454 e. The zero-order valence-corrected chi connectivity index (χ0v) is 18.4. The predicted octanol–water partition coefficient (Wildman–Crippen LogP) is 4.04. The van der Waals surface area contributed by atoms with Gasteiger partial charge in [0.1, 0.15) is 5.76 Å². The molecule has 2 N–H and O–H groups in total. The molecule has 1 aromatic carbocycles. The van der Waals surface area contributed by atoms with Crippen molar-refractivity contribution in [2.24, 2.45) is 11.0 Å². The minimum atomic E-state index is -0.452. The highest BCUT2D eigenvalue weighted by Gasteiger charge is 2.12. The molecule has 0 saturated heterocycles. The molecule has 0 radical (unpaired) electrons. The summed E-state index contributed by atoms with van der Waals surface area (Å²) in [4.78, 5) is 24.2. The molecule has 156 valence electrons. The van der Waals surface area contributed by atoms with Gasteiger partial charge in [-0.3, -0.25) is 14.3 Å². The highest BCUT2D eigenvalue weighted by atomic mass is 79.9.